The third kappa shape index (κ3) is 1.73. The van der Waals surface area contributed by atoms with Crippen molar-refractivity contribution in [2.45, 2.75) is 26.0 Å². The maximum Gasteiger partial charge on any atom is 0.129 e. The fraction of sp³-hybridized carbons (Fsp3) is 0.308. The van der Waals surface area contributed by atoms with Gasteiger partial charge in [0, 0.05) is 5.56 Å². The van der Waals surface area contributed by atoms with Crippen LogP contribution in [0.4, 0.5) is 0 Å². The highest BCUT2D eigenvalue weighted by molar-refractivity contribution is 7.12. The van der Waals surface area contributed by atoms with Gasteiger partial charge in [-0.05, 0) is 26.0 Å². The largest absolute Gasteiger partial charge is 0.487 e. The Morgan fingerprint density at radius 1 is 1.35 bits per heavy atom. The molecule has 0 bridgehead atoms. The molecule has 1 aromatic carbocycles. The van der Waals surface area contributed by atoms with Gasteiger partial charge in [-0.3, -0.25) is 0 Å². The predicted octanol–water partition coefficient (Wildman–Crippen LogP) is 2.90. The van der Waals surface area contributed by atoms with Crippen molar-refractivity contribution < 1.29 is 4.74 Å². The minimum Gasteiger partial charge on any atom is -0.487 e. The summed E-state index contributed by atoms with van der Waals surface area (Å²) >= 11 is 1.64. The molecule has 17 heavy (non-hydrogen) atoms. The average molecular weight is 246 g/mol. The molecule has 2 aromatic rings. The summed E-state index contributed by atoms with van der Waals surface area (Å²) in [6.45, 7) is 4.55. The van der Waals surface area contributed by atoms with E-state index in [0.717, 1.165) is 26.9 Å². The van der Waals surface area contributed by atoms with E-state index < -0.39 is 5.54 Å². The summed E-state index contributed by atoms with van der Waals surface area (Å²) in [6, 6.07) is 8.00. The Morgan fingerprint density at radius 2 is 2.12 bits per heavy atom. The number of para-hydroxylation sites is 1. The van der Waals surface area contributed by atoms with E-state index in [9.17, 15) is 0 Å². The minimum atomic E-state index is -0.392. The molecule has 0 atom stereocenters. The topological polar surface area (TPSA) is 48.1 Å². The first-order valence-corrected chi connectivity index (χ1v) is 6.38. The second-order valence-corrected chi connectivity index (χ2v) is 5.88. The van der Waals surface area contributed by atoms with Gasteiger partial charge in [0.05, 0.1) is 16.1 Å². The maximum absolute atomic E-state index is 6.10. The molecule has 0 saturated heterocycles. The zero-order chi connectivity index (χ0) is 12.0. The van der Waals surface area contributed by atoms with Crippen molar-refractivity contribution in [3.63, 3.8) is 0 Å². The number of hydrogen-bond donors (Lipinski definition) is 1. The van der Waals surface area contributed by atoms with E-state index in [0.29, 0.717) is 6.61 Å². The van der Waals surface area contributed by atoms with E-state index in [2.05, 4.69) is 4.98 Å². The lowest BCUT2D eigenvalue weighted by atomic mass is 10.1. The van der Waals surface area contributed by atoms with Crippen molar-refractivity contribution in [2.75, 3.05) is 0 Å². The van der Waals surface area contributed by atoms with Crippen LogP contribution < -0.4 is 10.5 Å². The Kier molecular flexibility index (Phi) is 2.24. The molecule has 3 nitrogen and oxygen atoms in total. The summed E-state index contributed by atoms with van der Waals surface area (Å²) in [5.41, 5.74) is 7.81. The van der Waals surface area contributed by atoms with E-state index in [1.807, 2.05) is 38.1 Å². The Balaban J connectivity index is 2.17. The summed E-state index contributed by atoms with van der Waals surface area (Å²) < 4.78 is 5.71. The van der Waals surface area contributed by atoms with Crippen molar-refractivity contribution in [1.29, 1.82) is 0 Å². The van der Waals surface area contributed by atoms with Gasteiger partial charge in [0.25, 0.3) is 0 Å². The molecule has 1 aromatic heterocycles. The number of aromatic nitrogens is 1. The summed E-state index contributed by atoms with van der Waals surface area (Å²) in [4.78, 5) is 5.84. The van der Waals surface area contributed by atoms with E-state index >= 15 is 0 Å². The van der Waals surface area contributed by atoms with Crippen LogP contribution in [0.1, 0.15) is 23.7 Å². The molecule has 0 amide bonds. The molecule has 4 heteroatoms. The number of benzene rings is 1. The van der Waals surface area contributed by atoms with Crippen LogP contribution in [0.15, 0.2) is 24.3 Å². The van der Waals surface area contributed by atoms with E-state index in [1.54, 1.807) is 11.3 Å². The number of fused-ring (bicyclic) bond motifs is 3. The fourth-order valence-corrected chi connectivity index (χ4v) is 2.87. The number of thiazole rings is 1. The number of nitrogens with zero attached hydrogens (tertiary/aromatic N) is 1. The first kappa shape index (κ1) is 10.7. The van der Waals surface area contributed by atoms with E-state index in [4.69, 9.17) is 10.5 Å². The van der Waals surface area contributed by atoms with Gasteiger partial charge in [0.15, 0.2) is 0 Å². The zero-order valence-corrected chi connectivity index (χ0v) is 10.7. The minimum absolute atomic E-state index is 0.392. The zero-order valence-electron chi connectivity index (χ0n) is 9.86. The predicted molar refractivity (Wildman–Crippen MR) is 69.1 cm³/mol. The van der Waals surface area contributed by atoms with Gasteiger partial charge in [0.2, 0.25) is 0 Å². The van der Waals surface area contributed by atoms with Crippen LogP contribution >= 0.6 is 11.3 Å². The van der Waals surface area contributed by atoms with Gasteiger partial charge < -0.3 is 10.5 Å². The molecule has 2 N–H and O–H groups in total. The van der Waals surface area contributed by atoms with Crippen LogP contribution in [0.5, 0.6) is 5.75 Å². The smallest absolute Gasteiger partial charge is 0.129 e. The fourth-order valence-electron chi connectivity index (χ4n) is 1.87. The van der Waals surface area contributed by atoms with Crippen molar-refractivity contribution >= 4 is 11.3 Å². The molecule has 0 spiro atoms. The summed E-state index contributed by atoms with van der Waals surface area (Å²) in [7, 11) is 0. The van der Waals surface area contributed by atoms with Crippen molar-refractivity contribution in [2.24, 2.45) is 5.73 Å². The lowest BCUT2D eigenvalue weighted by Crippen LogP contribution is -2.28. The maximum atomic E-state index is 6.10. The average Bonchev–Trinajstić information content (AvgIpc) is 2.72. The van der Waals surface area contributed by atoms with Crippen molar-refractivity contribution in [3.05, 3.63) is 34.2 Å². The highest BCUT2D eigenvalue weighted by atomic mass is 32.1. The molecular weight excluding hydrogens is 232 g/mol. The van der Waals surface area contributed by atoms with Crippen LogP contribution in [0.2, 0.25) is 0 Å². The molecule has 0 radical (unpaired) electrons. The Hall–Kier alpha value is -1.39. The molecule has 0 unspecified atom stereocenters. The molecule has 88 valence electrons. The Bertz CT molecular complexity index is 569. The molecule has 0 aliphatic carbocycles. The van der Waals surface area contributed by atoms with Gasteiger partial charge in [-0.25, -0.2) is 4.98 Å². The van der Waals surface area contributed by atoms with Gasteiger partial charge in [0.1, 0.15) is 17.4 Å². The standard InChI is InChI=1S/C13H14N2OS/c1-13(2,14)12-15-11-8-5-3-4-6-9(8)16-7-10(11)17-12/h3-6H,7,14H2,1-2H3. The summed E-state index contributed by atoms with van der Waals surface area (Å²) in [5, 5.41) is 0.961. The third-order valence-electron chi connectivity index (χ3n) is 2.75. The number of nitrogens with two attached hydrogens (primary N) is 1. The van der Waals surface area contributed by atoms with Crippen LogP contribution in [0.25, 0.3) is 11.3 Å². The highest BCUT2D eigenvalue weighted by Gasteiger charge is 2.26. The lowest BCUT2D eigenvalue weighted by Gasteiger charge is -2.15. The lowest BCUT2D eigenvalue weighted by molar-refractivity contribution is 0.305. The summed E-state index contributed by atoms with van der Waals surface area (Å²) in [6.07, 6.45) is 0. The van der Waals surface area contributed by atoms with Crippen molar-refractivity contribution in [3.8, 4) is 17.0 Å². The second-order valence-electron chi connectivity index (χ2n) is 4.80. The van der Waals surface area contributed by atoms with Crippen LogP contribution in [-0.2, 0) is 12.1 Å². The number of rotatable bonds is 1. The van der Waals surface area contributed by atoms with Crippen LogP contribution in [0.3, 0.4) is 0 Å². The van der Waals surface area contributed by atoms with Gasteiger partial charge in [-0.1, -0.05) is 12.1 Å². The van der Waals surface area contributed by atoms with Crippen molar-refractivity contribution in [1.82, 2.24) is 4.98 Å². The Morgan fingerprint density at radius 3 is 2.88 bits per heavy atom. The molecule has 1 aliphatic rings. The molecule has 0 fully saturated rings. The molecule has 2 heterocycles. The van der Waals surface area contributed by atoms with E-state index in [1.165, 1.54) is 0 Å². The van der Waals surface area contributed by atoms with Crippen LogP contribution in [-0.4, -0.2) is 4.98 Å². The molecule has 1 aliphatic heterocycles. The van der Waals surface area contributed by atoms with Gasteiger partial charge >= 0.3 is 0 Å². The second kappa shape index (κ2) is 3.55. The number of hydrogen-bond acceptors (Lipinski definition) is 4. The molecule has 3 rings (SSSR count). The Labute approximate surface area is 104 Å². The SMILES string of the molecule is CC(C)(N)c1nc2c(s1)COc1ccccc1-2. The normalized spacial score (nSPS) is 13.8. The molecule has 0 saturated carbocycles. The van der Waals surface area contributed by atoms with Gasteiger partial charge in [-0.15, -0.1) is 11.3 Å². The van der Waals surface area contributed by atoms with E-state index in [-0.39, 0.29) is 0 Å². The van der Waals surface area contributed by atoms with Crippen LogP contribution in [0, 0.1) is 0 Å². The monoisotopic (exact) mass is 246 g/mol. The number of ether oxygens (including phenoxy) is 1. The highest BCUT2D eigenvalue weighted by Crippen LogP contribution is 2.40. The quantitative estimate of drug-likeness (QED) is 0.841. The first-order chi connectivity index (χ1) is 8.05. The third-order valence-corrected chi connectivity index (χ3v) is 4.12. The molecular formula is C13H14N2OS. The van der Waals surface area contributed by atoms with Gasteiger partial charge in [-0.2, -0.15) is 0 Å². The first-order valence-electron chi connectivity index (χ1n) is 5.57. The summed E-state index contributed by atoms with van der Waals surface area (Å²) in [5.74, 6) is 0.909.